The first-order valence-corrected chi connectivity index (χ1v) is 10.6. The highest BCUT2D eigenvalue weighted by molar-refractivity contribution is 9.10. The molecule has 31 heavy (non-hydrogen) atoms. The van der Waals surface area contributed by atoms with E-state index in [1.807, 2.05) is 0 Å². The van der Waals surface area contributed by atoms with Crippen LogP contribution in [0.3, 0.4) is 0 Å². The molecule has 0 aliphatic carbocycles. The number of aromatic nitrogens is 2. The number of fused-ring (bicyclic) bond motifs is 1. The van der Waals surface area contributed by atoms with Crippen molar-refractivity contribution in [3.05, 3.63) is 51.6 Å². The Morgan fingerprint density at radius 3 is 2.55 bits per heavy atom. The average molecular weight is 518 g/mol. The summed E-state index contributed by atoms with van der Waals surface area (Å²) in [6.45, 7) is 1.73. The Labute approximate surface area is 181 Å². The Kier molecular flexibility index (Phi) is 5.72. The smallest absolute Gasteiger partial charge is 0.478 e. The first kappa shape index (κ1) is 22.6. The van der Waals surface area contributed by atoms with Crippen LogP contribution in [-0.2, 0) is 16.5 Å². The summed E-state index contributed by atoms with van der Waals surface area (Å²) in [5.41, 5.74) is -5.68. The molecule has 2 heterocycles. The zero-order valence-corrected chi connectivity index (χ0v) is 17.8. The van der Waals surface area contributed by atoms with Gasteiger partial charge in [-0.15, -0.1) is 5.10 Å². The van der Waals surface area contributed by atoms with Crippen molar-refractivity contribution in [1.82, 2.24) is 9.61 Å². The minimum absolute atomic E-state index is 0.0339. The first-order valence-electron chi connectivity index (χ1n) is 8.39. The summed E-state index contributed by atoms with van der Waals surface area (Å²) in [6, 6.07) is 8.67. The minimum atomic E-state index is -6.11. The van der Waals surface area contributed by atoms with Crippen LogP contribution in [0.2, 0.25) is 0 Å². The number of aryl methyl sites for hydroxylation is 1. The van der Waals surface area contributed by atoms with Crippen LogP contribution in [0.1, 0.15) is 28.5 Å². The average Bonchev–Trinajstić information content (AvgIpc) is 3.07. The topological polar surface area (TPSA) is 122 Å². The van der Waals surface area contributed by atoms with Gasteiger partial charge in [-0.05, 0) is 42.3 Å². The number of halogens is 4. The largest absolute Gasteiger partial charge is 0.534 e. The fourth-order valence-corrected chi connectivity index (χ4v) is 3.80. The number of carboxylic acid groups (broad SMARTS) is 1. The van der Waals surface area contributed by atoms with Gasteiger partial charge in [-0.2, -0.15) is 26.9 Å². The van der Waals surface area contributed by atoms with Gasteiger partial charge in [-0.25, -0.2) is 9.31 Å². The molecule has 0 unspecified atom stereocenters. The molecule has 0 amide bonds. The number of alkyl halides is 3. The van der Waals surface area contributed by atoms with E-state index in [0.717, 1.165) is 4.52 Å². The third kappa shape index (κ3) is 4.08. The lowest BCUT2D eigenvalue weighted by Gasteiger charge is -2.15. The standard InChI is InChI=1S/C18H11BrF3N3O5S/c1-2-12-3-4-14-15(9-5-10(17(26)27)7-11(19)6-9)13(8-23)16(24-25(12)14)30-31(28,29)18(20,21)22/h3-7H,2H2,1H3,(H,26,27). The highest BCUT2D eigenvalue weighted by atomic mass is 79.9. The second kappa shape index (κ2) is 7.86. The molecule has 3 rings (SSSR count). The van der Waals surface area contributed by atoms with E-state index in [-0.39, 0.29) is 22.2 Å². The molecule has 1 N–H and O–H groups in total. The van der Waals surface area contributed by atoms with E-state index in [0.29, 0.717) is 16.6 Å². The maximum Gasteiger partial charge on any atom is 0.534 e. The SMILES string of the molecule is CCc1ccc2c(-c3cc(Br)cc(C(=O)O)c3)c(C#N)c(OS(=O)(=O)C(F)(F)F)nn12. The molecule has 0 bridgehead atoms. The normalized spacial score (nSPS) is 12.0. The molecule has 1 aromatic carbocycles. The van der Waals surface area contributed by atoms with E-state index >= 15 is 0 Å². The van der Waals surface area contributed by atoms with Crippen molar-refractivity contribution in [2.24, 2.45) is 0 Å². The molecule has 0 spiro atoms. The summed E-state index contributed by atoms with van der Waals surface area (Å²) in [5.74, 6) is -2.36. The summed E-state index contributed by atoms with van der Waals surface area (Å²) in [7, 11) is -6.11. The highest BCUT2D eigenvalue weighted by Gasteiger charge is 2.49. The Balaban J connectivity index is 2.42. The van der Waals surface area contributed by atoms with Crippen LogP contribution in [0.15, 0.2) is 34.8 Å². The van der Waals surface area contributed by atoms with Crippen LogP contribution in [-0.4, -0.2) is 34.6 Å². The Hall–Kier alpha value is -3.11. The van der Waals surface area contributed by atoms with E-state index in [1.54, 1.807) is 19.1 Å². The number of benzene rings is 1. The third-order valence-electron chi connectivity index (χ3n) is 4.22. The minimum Gasteiger partial charge on any atom is -0.478 e. The van der Waals surface area contributed by atoms with Gasteiger partial charge in [0.25, 0.3) is 5.88 Å². The molecule has 0 radical (unpaired) electrons. The molecule has 0 aliphatic rings. The highest BCUT2D eigenvalue weighted by Crippen LogP contribution is 2.37. The van der Waals surface area contributed by atoms with Crippen molar-refractivity contribution in [2.75, 3.05) is 0 Å². The predicted octanol–water partition coefficient (Wildman–Crippen LogP) is 4.12. The molecule has 162 valence electrons. The number of hydrogen-bond donors (Lipinski definition) is 1. The maximum atomic E-state index is 12.9. The van der Waals surface area contributed by atoms with Gasteiger partial charge in [0, 0.05) is 15.7 Å². The fourth-order valence-electron chi connectivity index (χ4n) is 2.88. The van der Waals surface area contributed by atoms with E-state index in [9.17, 15) is 36.8 Å². The Bertz CT molecular complexity index is 1360. The third-order valence-corrected chi connectivity index (χ3v) is 5.63. The van der Waals surface area contributed by atoms with E-state index in [2.05, 4.69) is 25.2 Å². The van der Waals surface area contributed by atoms with Gasteiger partial charge in [0.15, 0.2) is 0 Å². The number of hydrogen-bond acceptors (Lipinski definition) is 6. The van der Waals surface area contributed by atoms with Gasteiger partial charge < -0.3 is 9.29 Å². The van der Waals surface area contributed by atoms with Gasteiger partial charge in [-0.3, -0.25) is 0 Å². The molecule has 3 aromatic rings. The van der Waals surface area contributed by atoms with Gasteiger partial charge in [-0.1, -0.05) is 22.9 Å². The van der Waals surface area contributed by atoms with Crippen LogP contribution in [0.4, 0.5) is 13.2 Å². The lowest BCUT2D eigenvalue weighted by atomic mass is 9.99. The molecule has 0 saturated heterocycles. The molecule has 2 aromatic heterocycles. The Morgan fingerprint density at radius 2 is 2.00 bits per heavy atom. The number of nitriles is 1. The van der Waals surface area contributed by atoms with Crippen molar-refractivity contribution in [2.45, 2.75) is 18.9 Å². The summed E-state index contributed by atoms with van der Waals surface area (Å²) in [4.78, 5) is 11.4. The molecular weight excluding hydrogens is 507 g/mol. The number of nitrogens with zero attached hydrogens (tertiary/aromatic N) is 3. The molecule has 0 aliphatic heterocycles. The van der Waals surface area contributed by atoms with Crippen LogP contribution < -0.4 is 4.18 Å². The number of rotatable bonds is 5. The molecule has 0 atom stereocenters. The van der Waals surface area contributed by atoms with Crippen molar-refractivity contribution in [3.63, 3.8) is 0 Å². The second-order valence-electron chi connectivity index (χ2n) is 6.16. The van der Waals surface area contributed by atoms with E-state index in [4.69, 9.17) is 0 Å². The zero-order valence-electron chi connectivity index (χ0n) is 15.4. The predicted molar refractivity (Wildman–Crippen MR) is 105 cm³/mol. The zero-order chi connectivity index (χ0) is 23.1. The van der Waals surface area contributed by atoms with Gasteiger partial charge in [0.05, 0.1) is 11.1 Å². The lowest BCUT2D eigenvalue weighted by molar-refractivity contribution is -0.0501. The van der Waals surface area contributed by atoms with Gasteiger partial charge >= 0.3 is 21.6 Å². The van der Waals surface area contributed by atoms with E-state index in [1.165, 1.54) is 24.3 Å². The van der Waals surface area contributed by atoms with Crippen molar-refractivity contribution >= 4 is 37.5 Å². The number of aromatic carboxylic acids is 1. The van der Waals surface area contributed by atoms with Crippen molar-refractivity contribution in [3.8, 4) is 23.1 Å². The summed E-state index contributed by atoms with van der Waals surface area (Å²) in [6.07, 6.45) is 0.372. The van der Waals surface area contributed by atoms with Gasteiger partial charge in [0.2, 0.25) is 0 Å². The quantitative estimate of drug-likeness (QED) is 0.398. The van der Waals surface area contributed by atoms with E-state index < -0.39 is 33.0 Å². The molecule has 13 heteroatoms. The van der Waals surface area contributed by atoms with Crippen molar-refractivity contribution < 1.29 is 35.7 Å². The van der Waals surface area contributed by atoms with Crippen molar-refractivity contribution in [1.29, 1.82) is 5.26 Å². The molecule has 0 fully saturated rings. The Morgan fingerprint density at radius 1 is 1.32 bits per heavy atom. The fraction of sp³-hybridized carbons (Fsp3) is 0.167. The summed E-state index contributed by atoms with van der Waals surface area (Å²) < 4.78 is 67.4. The molecule has 0 saturated carbocycles. The second-order valence-corrected chi connectivity index (χ2v) is 8.61. The molecular formula is C18H11BrF3N3O5S. The van der Waals surface area contributed by atoms with Crippen LogP contribution >= 0.6 is 15.9 Å². The van der Waals surface area contributed by atoms with Crippen LogP contribution in [0, 0.1) is 11.3 Å². The summed E-state index contributed by atoms with van der Waals surface area (Å²) >= 11 is 3.16. The van der Waals surface area contributed by atoms with Crippen LogP contribution in [0.25, 0.3) is 16.6 Å². The number of carboxylic acids is 1. The first-order chi connectivity index (χ1) is 14.4. The monoisotopic (exact) mass is 517 g/mol. The molecule has 8 nitrogen and oxygen atoms in total. The summed E-state index contributed by atoms with van der Waals surface area (Å²) in [5, 5.41) is 22.8. The maximum absolute atomic E-state index is 12.9. The lowest BCUT2D eigenvalue weighted by Crippen LogP contribution is -2.29. The van der Waals surface area contributed by atoms with Crippen LogP contribution in [0.5, 0.6) is 5.88 Å². The van der Waals surface area contributed by atoms with Gasteiger partial charge in [0.1, 0.15) is 11.6 Å². The number of carbonyl (C=O) groups is 1.